The van der Waals surface area contributed by atoms with Crippen LogP contribution in [0.1, 0.15) is 23.1 Å². The number of rotatable bonds is 3. The van der Waals surface area contributed by atoms with Gasteiger partial charge in [-0.25, -0.2) is 14.4 Å². The van der Waals surface area contributed by atoms with E-state index in [-0.39, 0.29) is 17.3 Å². The van der Waals surface area contributed by atoms with E-state index >= 15 is 0 Å². The lowest BCUT2D eigenvalue weighted by atomic mass is 10.1. The first-order valence-electron chi connectivity index (χ1n) is 5.47. The number of hydrogen-bond acceptors (Lipinski definition) is 3. The van der Waals surface area contributed by atoms with Crippen molar-refractivity contribution in [3.63, 3.8) is 0 Å². The summed E-state index contributed by atoms with van der Waals surface area (Å²) < 4.78 is 13.7. The van der Waals surface area contributed by atoms with Crippen LogP contribution in [0.15, 0.2) is 30.6 Å². The van der Waals surface area contributed by atoms with Crippen molar-refractivity contribution < 1.29 is 9.50 Å². The van der Waals surface area contributed by atoms with E-state index in [9.17, 15) is 9.50 Å². The molecule has 3 nitrogen and oxygen atoms in total. The maximum atomic E-state index is 13.7. The van der Waals surface area contributed by atoms with E-state index < -0.39 is 11.9 Å². The molecular weight excluding hydrogens is 255 g/mol. The molecule has 1 aromatic carbocycles. The van der Waals surface area contributed by atoms with Crippen LogP contribution in [0.25, 0.3) is 0 Å². The molecule has 2 rings (SSSR count). The van der Waals surface area contributed by atoms with Crippen LogP contribution in [0.3, 0.4) is 0 Å². The molecule has 0 aliphatic heterocycles. The number of aliphatic hydroxyl groups excluding tert-OH is 1. The molecule has 5 heteroatoms. The number of benzene rings is 1. The van der Waals surface area contributed by atoms with Gasteiger partial charge in [0.25, 0.3) is 0 Å². The van der Waals surface area contributed by atoms with Crippen LogP contribution in [0.5, 0.6) is 0 Å². The predicted molar refractivity (Wildman–Crippen MR) is 66.8 cm³/mol. The number of aliphatic hydroxyl groups is 1. The third-order valence-corrected chi connectivity index (χ3v) is 2.84. The molecule has 1 aromatic heterocycles. The summed E-state index contributed by atoms with van der Waals surface area (Å²) in [5.74, 6) is -0.231. The molecule has 1 N–H and O–H groups in total. The highest BCUT2D eigenvalue weighted by atomic mass is 35.5. The van der Waals surface area contributed by atoms with Gasteiger partial charge < -0.3 is 5.11 Å². The highest BCUT2D eigenvalue weighted by Gasteiger charge is 2.15. The third kappa shape index (κ3) is 2.83. The highest BCUT2D eigenvalue weighted by Crippen LogP contribution is 2.22. The van der Waals surface area contributed by atoms with E-state index in [0.717, 1.165) is 5.56 Å². The standard InChI is InChI=1S/C13H12ClFN2O/c1-8-6-16-13(17-7-8)11(18)5-9-3-2-4-10(14)12(9)15/h2-4,6-7,11,18H,5H2,1H3. The van der Waals surface area contributed by atoms with Crippen LogP contribution >= 0.6 is 11.6 Å². The average molecular weight is 267 g/mol. The Morgan fingerprint density at radius 1 is 1.33 bits per heavy atom. The second kappa shape index (κ2) is 5.42. The maximum Gasteiger partial charge on any atom is 0.157 e. The van der Waals surface area contributed by atoms with Crippen molar-refractivity contribution in [3.8, 4) is 0 Å². The van der Waals surface area contributed by atoms with Crippen LogP contribution < -0.4 is 0 Å². The van der Waals surface area contributed by atoms with E-state index in [2.05, 4.69) is 9.97 Å². The zero-order chi connectivity index (χ0) is 13.1. The van der Waals surface area contributed by atoms with Crippen LogP contribution in [-0.2, 0) is 6.42 Å². The second-order valence-electron chi connectivity index (χ2n) is 4.05. The van der Waals surface area contributed by atoms with Gasteiger partial charge in [0.1, 0.15) is 11.9 Å². The first kappa shape index (κ1) is 12.9. The molecule has 1 heterocycles. The second-order valence-corrected chi connectivity index (χ2v) is 4.46. The molecule has 0 saturated carbocycles. The Morgan fingerprint density at radius 2 is 2.00 bits per heavy atom. The first-order chi connectivity index (χ1) is 8.58. The van der Waals surface area contributed by atoms with Crippen molar-refractivity contribution in [3.05, 3.63) is 58.4 Å². The normalized spacial score (nSPS) is 12.4. The summed E-state index contributed by atoms with van der Waals surface area (Å²) >= 11 is 5.68. The topological polar surface area (TPSA) is 46.0 Å². The zero-order valence-corrected chi connectivity index (χ0v) is 10.5. The number of hydrogen-bond donors (Lipinski definition) is 1. The summed E-state index contributed by atoms with van der Waals surface area (Å²) in [6, 6.07) is 4.69. The average Bonchev–Trinajstić information content (AvgIpc) is 2.36. The van der Waals surface area contributed by atoms with E-state index in [1.165, 1.54) is 6.07 Å². The number of aryl methyl sites for hydroxylation is 1. The Labute approximate surface area is 109 Å². The van der Waals surface area contributed by atoms with Gasteiger partial charge in [-0.2, -0.15) is 0 Å². The van der Waals surface area contributed by atoms with E-state index in [0.29, 0.717) is 5.56 Å². The molecular formula is C13H12ClFN2O. The zero-order valence-electron chi connectivity index (χ0n) is 9.77. The molecule has 0 saturated heterocycles. The van der Waals surface area contributed by atoms with Crippen LogP contribution in [0.4, 0.5) is 4.39 Å². The highest BCUT2D eigenvalue weighted by molar-refractivity contribution is 6.30. The molecule has 0 aliphatic rings. The minimum Gasteiger partial charge on any atom is -0.385 e. The summed E-state index contributed by atoms with van der Waals surface area (Å²) in [6.07, 6.45) is 2.37. The van der Waals surface area contributed by atoms with Gasteiger partial charge in [-0.15, -0.1) is 0 Å². The summed E-state index contributed by atoms with van der Waals surface area (Å²) in [4.78, 5) is 8.02. The maximum absolute atomic E-state index is 13.7. The van der Waals surface area contributed by atoms with Gasteiger partial charge in [0.05, 0.1) is 5.02 Å². The Balaban J connectivity index is 2.18. The van der Waals surface area contributed by atoms with Crippen molar-refractivity contribution in [2.24, 2.45) is 0 Å². The minimum absolute atomic E-state index is 0.0459. The molecule has 0 bridgehead atoms. The smallest absolute Gasteiger partial charge is 0.157 e. The largest absolute Gasteiger partial charge is 0.385 e. The van der Waals surface area contributed by atoms with Gasteiger partial charge in [0, 0.05) is 18.8 Å². The number of aromatic nitrogens is 2. The molecule has 18 heavy (non-hydrogen) atoms. The van der Waals surface area contributed by atoms with E-state index in [4.69, 9.17) is 11.6 Å². The number of nitrogens with zero attached hydrogens (tertiary/aromatic N) is 2. The van der Waals surface area contributed by atoms with E-state index in [1.54, 1.807) is 24.5 Å². The Kier molecular flexibility index (Phi) is 3.89. The molecule has 0 amide bonds. The van der Waals surface area contributed by atoms with Crippen LogP contribution in [-0.4, -0.2) is 15.1 Å². The van der Waals surface area contributed by atoms with E-state index in [1.807, 2.05) is 6.92 Å². The third-order valence-electron chi connectivity index (χ3n) is 2.54. The lowest BCUT2D eigenvalue weighted by Gasteiger charge is -2.10. The van der Waals surface area contributed by atoms with Gasteiger partial charge in [-0.1, -0.05) is 23.7 Å². The molecule has 0 fully saturated rings. The minimum atomic E-state index is -0.946. The Hall–Kier alpha value is -1.52. The lowest BCUT2D eigenvalue weighted by Crippen LogP contribution is -2.08. The molecule has 1 atom stereocenters. The Morgan fingerprint density at radius 3 is 2.67 bits per heavy atom. The predicted octanol–water partition coefficient (Wildman–Crippen LogP) is 2.85. The number of halogens is 2. The lowest BCUT2D eigenvalue weighted by molar-refractivity contribution is 0.167. The molecule has 2 aromatic rings. The SMILES string of the molecule is Cc1cnc(C(O)Cc2cccc(Cl)c2F)nc1. The van der Waals surface area contributed by atoms with Crippen molar-refractivity contribution in [2.75, 3.05) is 0 Å². The fourth-order valence-corrected chi connectivity index (χ4v) is 1.77. The van der Waals surface area contributed by atoms with Crippen LogP contribution in [0.2, 0.25) is 5.02 Å². The van der Waals surface area contributed by atoms with Crippen molar-refractivity contribution in [1.82, 2.24) is 9.97 Å². The quantitative estimate of drug-likeness (QED) is 0.929. The summed E-state index contributed by atoms with van der Waals surface area (Å²) in [5.41, 5.74) is 1.25. The molecule has 1 unspecified atom stereocenters. The first-order valence-corrected chi connectivity index (χ1v) is 5.85. The summed E-state index contributed by atoms with van der Waals surface area (Å²) in [5, 5.41) is 9.99. The molecule has 0 spiro atoms. The van der Waals surface area contributed by atoms with Crippen molar-refractivity contribution in [1.29, 1.82) is 0 Å². The monoisotopic (exact) mass is 266 g/mol. The fraction of sp³-hybridized carbons (Fsp3) is 0.231. The van der Waals surface area contributed by atoms with Gasteiger partial charge >= 0.3 is 0 Å². The molecule has 94 valence electrons. The summed E-state index contributed by atoms with van der Waals surface area (Å²) in [7, 11) is 0. The van der Waals surface area contributed by atoms with Crippen molar-refractivity contribution in [2.45, 2.75) is 19.4 Å². The van der Waals surface area contributed by atoms with Gasteiger partial charge in [-0.05, 0) is 24.1 Å². The van der Waals surface area contributed by atoms with Gasteiger partial charge in [-0.3, -0.25) is 0 Å². The molecule has 0 radical (unpaired) electrons. The fourth-order valence-electron chi connectivity index (χ4n) is 1.58. The van der Waals surface area contributed by atoms with Gasteiger partial charge in [0.2, 0.25) is 0 Å². The van der Waals surface area contributed by atoms with Crippen LogP contribution in [0, 0.1) is 12.7 Å². The van der Waals surface area contributed by atoms with Crippen molar-refractivity contribution >= 4 is 11.6 Å². The van der Waals surface area contributed by atoms with Gasteiger partial charge in [0.15, 0.2) is 5.82 Å². The Bertz CT molecular complexity index is 545. The summed E-state index contributed by atoms with van der Waals surface area (Å²) in [6.45, 7) is 1.85. The molecule has 0 aliphatic carbocycles.